The lowest BCUT2D eigenvalue weighted by Crippen LogP contribution is -2.40. The highest BCUT2D eigenvalue weighted by atomic mass is 35.5. The molecule has 0 fully saturated rings. The zero-order chi connectivity index (χ0) is 16.2. The number of fused-ring (bicyclic) bond motifs is 1. The first kappa shape index (κ1) is 19.0. The number of benzene rings is 1. The Morgan fingerprint density at radius 3 is 2.58 bits per heavy atom. The number of nitrogens with zero attached hydrogens (tertiary/aromatic N) is 2. The molecule has 1 aromatic heterocycles. The van der Waals surface area contributed by atoms with Gasteiger partial charge in [-0.25, -0.2) is 0 Å². The topological polar surface area (TPSA) is 29.3 Å². The molecule has 1 aliphatic rings. The molecule has 1 atom stereocenters. The molecular weight excluding hydrogens is 320 g/mol. The summed E-state index contributed by atoms with van der Waals surface area (Å²) < 4.78 is 5.18. The van der Waals surface area contributed by atoms with Gasteiger partial charge in [0.15, 0.2) is 0 Å². The average molecular weight is 349 g/mol. The van der Waals surface area contributed by atoms with Crippen molar-refractivity contribution in [1.29, 1.82) is 0 Å². The van der Waals surface area contributed by atoms with Crippen molar-refractivity contribution in [3.8, 4) is 11.3 Å². The molecule has 0 bridgehead atoms. The van der Waals surface area contributed by atoms with Crippen molar-refractivity contribution in [2.45, 2.75) is 58.9 Å². The Morgan fingerprint density at radius 1 is 1.21 bits per heavy atom. The maximum Gasteiger partial charge on any atom is 0.127 e. The zero-order valence-corrected chi connectivity index (χ0v) is 15.9. The minimum Gasteiger partial charge on any atom is -0.364 e. The molecule has 0 amide bonds. The number of halogens is 1. The first-order valence-corrected chi connectivity index (χ1v) is 9.00. The largest absolute Gasteiger partial charge is 0.364 e. The molecule has 1 unspecified atom stereocenters. The summed E-state index contributed by atoms with van der Waals surface area (Å²) in [6, 6.07) is 7.32. The van der Waals surface area contributed by atoms with Crippen molar-refractivity contribution in [2.24, 2.45) is 0 Å². The van der Waals surface area contributed by atoms with Crippen molar-refractivity contribution >= 4 is 12.4 Å². The van der Waals surface area contributed by atoms with Gasteiger partial charge >= 0.3 is 0 Å². The molecule has 24 heavy (non-hydrogen) atoms. The summed E-state index contributed by atoms with van der Waals surface area (Å²) in [6.07, 6.45) is 7.79. The van der Waals surface area contributed by atoms with Crippen LogP contribution in [0.4, 0.5) is 0 Å². The number of aromatic nitrogens is 1. The zero-order valence-electron chi connectivity index (χ0n) is 15.0. The van der Waals surface area contributed by atoms with Crippen LogP contribution >= 0.6 is 12.4 Å². The van der Waals surface area contributed by atoms with E-state index in [0.717, 1.165) is 17.7 Å². The smallest absolute Gasteiger partial charge is 0.127 e. The van der Waals surface area contributed by atoms with E-state index in [1.54, 1.807) is 6.26 Å². The van der Waals surface area contributed by atoms with Gasteiger partial charge in [0.25, 0.3) is 0 Å². The maximum atomic E-state index is 5.18. The fraction of sp³-hybridized carbons (Fsp3) is 0.550. The van der Waals surface area contributed by atoms with Gasteiger partial charge in [-0.05, 0) is 63.2 Å². The Kier molecular flexibility index (Phi) is 6.88. The van der Waals surface area contributed by atoms with Gasteiger partial charge in [0.1, 0.15) is 12.0 Å². The van der Waals surface area contributed by atoms with Crippen LogP contribution in [0.3, 0.4) is 0 Å². The minimum absolute atomic E-state index is 0. The third-order valence-electron chi connectivity index (χ3n) is 5.00. The van der Waals surface area contributed by atoms with Crippen molar-refractivity contribution in [3.63, 3.8) is 0 Å². The predicted molar refractivity (Wildman–Crippen MR) is 102 cm³/mol. The molecule has 0 radical (unpaired) electrons. The van der Waals surface area contributed by atoms with Gasteiger partial charge < -0.3 is 9.42 Å². The average Bonchev–Trinajstić information content (AvgIpc) is 2.99. The molecule has 1 heterocycles. The summed E-state index contributed by atoms with van der Waals surface area (Å²) in [5, 5.41) is 4.25. The maximum absolute atomic E-state index is 5.18. The van der Waals surface area contributed by atoms with Crippen molar-refractivity contribution in [1.82, 2.24) is 10.1 Å². The van der Waals surface area contributed by atoms with Crippen LogP contribution in [0.5, 0.6) is 0 Å². The van der Waals surface area contributed by atoms with Crippen LogP contribution in [0.2, 0.25) is 0 Å². The molecule has 3 nitrogen and oxygen atoms in total. The summed E-state index contributed by atoms with van der Waals surface area (Å²) in [4.78, 5) is 2.69. The molecule has 4 heteroatoms. The number of hydrogen-bond donors (Lipinski definition) is 0. The second kappa shape index (κ2) is 8.68. The van der Waals surface area contributed by atoms with Crippen LogP contribution in [0.1, 0.15) is 49.8 Å². The van der Waals surface area contributed by atoms with E-state index in [-0.39, 0.29) is 12.4 Å². The molecule has 0 spiro atoms. The second-order valence-electron chi connectivity index (χ2n) is 6.72. The first-order chi connectivity index (χ1) is 11.2. The predicted octanol–water partition coefficient (Wildman–Crippen LogP) is 5.05. The molecule has 1 aliphatic carbocycles. The molecule has 0 aliphatic heterocycles. The number of aryl methyl sites for hydroxylation is 2. The highest BCUT2D eigenvalue weighted by molar-refractivity contribution is 5.85. The van der Waals surface area contributed by atoms with E-state index >= 15 is 0 Å². The van der Waals surface area contributed by atoms with Crippen LogP contribution in [-0.4, -0.2) is 29.2 Å². The van der Waals surface area contributed by atoms with Crippen molar-refractivity contribution in [2.75, 3.05) is 13.1 Å². The summed E-state index contributed by atoms with van der Waals surface area (Å²) in [6.45, 7) is 9.05. The van der Waals surface area contributed by atoms with Gasteiger partial charge in [-0.1, -0.05) is 37.2 Å². The minimum atomic E-state index is 0. The van der Waals surface area contributed by atoms with Gasteiger partial charge in [0, 0.05) is 17.2 Å². The standard InChI is InChI=1S/C20H28N2O.ClH/c1-4-11-22(12-5-2)17-10-9-16-7-6-8-18(19(16)13-17)20-15(3)14-23-21-20;/h6-8,14,17H,4-5,9-13H2,1-3H3;1H. The van der Waals surface area contributed by atoms with E-state index in [1.807, 2.05) is 0 Å². The Balaban J connectivity index is 0.00000208. The van der Waals surface area contributed by atoms with E-state index in [0.29, 0.717) is 6.04 Å². The molecule has 2 aromatic rings. The van der Waals surface area contributed by atoms with Gasteiger partial charge in [0.05, 0.1) is 0 Å². The summed E-state index contributed by atoms with van der Waals surface area (Å²) in [5.41, 5.74) is 6.39. The van der Waals surface area contributed by atoms with E-state index in [4.69, 9.17) is 4.52 Å². The fourth-order valence-electron chi connectivity index (χ4n) is 3.90. The fourth-order valence-corrected chi connectivity index (χ4v) is 3.90. The molecule has 132 valence electrons. The third kappa shape index (κ3) is 3.84. The quantitative estimate of drug-likeness (QED) is 0.731. The lowest BCUT2D eigenvalue weighted by molar-refractivity contribution is 0.180. The Bertz CT molecular complexity index is 647. The Hall–Kier alpha value is -1.32. The summed E-state index contributed by atoms with van der Waals surface area (Å²) in [5.74, 6) is 0. The highest BCUT2D eigenvalue weighted by Gasteiger charge is 2.26. The molecule has 0 saturated heterocycles. The van der Waals surface area contributed by atoms with Crippen LogP contribution in [0.25, 0.3) is 11.3 Å². The van der Waals surface area contributed by atoms with Gasteiger partial charge in [-0.3, -0.25) is 0 Å². The van der Waals surface area contributed by atoms with Gasteiger partial charge in [-0.15, -0.1) is 12.4 Å². The highest BCUT2D eigenvalue weighted by Crippen LogP contribution is 2.33. The normalized spacial score (nSPS) is 16.8. The SMILES string of the molecule is CCCN(CCC)C1CCc2cccc(-c3nocc3C)c2C1.Cl. The van der Waals surface area contributed by atoms with Gasteiger partial charge in [-0.2, -0.15) is 0 Å². The molecule has 1 aromatic carbocycles. The van der Waals surface area contributed by atoms with Crippen LogP contribution in [-0.2, 0) is 12.8 Å². The Labute approximate surface area is 151 Å². The van der Waals surface area contributed by atoms with Gasteiger partial charge in [0.2, 0.25) is 0 Å². The van der Waals surface area contributed by atoms with Crippen molar-refractivity contribution < 1.29 is 4.52 Å². The van der Waals surface area contributed by atoms with E-state index in [2.05, 4.69) is 49.0 Å². The summed E-state index contributed by atoms with van der Waals surface area (Å²) >= 11 is 0. The molecule has 0 saturated carbocycles. The number of rotatable bonds is 6. The number of hydrogen-bond acceptors (Lipinski definition) is 3. The third-order valence-corrected chi connectivity index (χ3v) is 5.00. The van der Waals surface area contributed by atoms with Crippen LogP contribution in [0.15, 0.2) is 29.0 Å². The van der Waals surface area contributed by atoms with Crippen molar-refractivity contribution in [3.05, 3.63) is 41.2 Å². The molecule has 0 N–H and O–H groups in total. The van der Waals surface area contributed by atoms with Crippen LogP contribution in [0, 0.1) is 6.92 Å². The van der Waals surface area contributed by atoms with E-state index in [9.17, 15) is 0 Å². The molecule has 3 rings (SSSR count). The lowest BCUT2D eigenvalue weighted by atomic mass is 9.83. The molecular formula is C20H29ClN2O. The first-order valence-electron chi connectivity index (χ1n) is 9.00. The summed E-state index contributed by atoms with van der Waals surface area (Å²) in [7, 11) is 0. The van der Waals surface area contributed by atoms with E-state index in [1.165, 1.54) is 55.5 Å². The monoisotopic (exact) mass is 348 g/mol. The Morgan fingerprint density at radius 2 is 1.96 bits per heavy atom. The van der Waals surface area contributed by atoms with Crippen LogP contribution < -0.4 is 0 Å². The second-order valence-corrected chi connectivity index (χ2v) is 6.72. The lowest BCUT2D eigenvalue weighted by Gasteiger charge is -2.35. The van der Waals surface area contributed by atoms with E-state index < -0.39 is 0 Å².